The van der Waals surface area contributed by atoms with Gasteiger partial charge in [-0.15, -0.1) is 0 Å². The van der Waals surface area contributed by atoms with Gasteiger partial charge < -0.3 is 25.0 Å². The highest BCUT2D eigenvalue weighted by Crippen LogP contribution is 2.14. The van der Waals surface area contributed by atoms with E-state index >= 15 is 0 Å². The van der Waals surface area contributed by atoms with Gasteiger partial charge in [0, 0.05) is 11.4 Å². The van der Waals surface area contributed by atoms with Crippen LogP contribution in [0.3, 0.4) is 0 Å². The fourth-order valence-electron chi connectivity index (χ4n) is 2.82. The highest BCUT2D eigenvalue weighted by atomic mass is 16.5. The quantitative estimate of drug-likeness (QED) is 0.501. The van der Waals surface area contributed by atoms with Crippen LogP contribution in [0.25, 0.3) is 0 Å². The summed E-state index contributed by atoms with van der Waals surface area (Å²) in [5.74, 6) is -0.0906. The molecule has 2 aromatic rings. The Hall–Kier alpha value is -3.39. The van der Waals surface area contributed by atoms with Crippen molar-refractivity contribution >= 4 is 29.2 Å². The molecular formula is C23H30N3O5+. The summed E-state index contributed by atoms with van der Waals surface area (Å²) in [7, 11) is 1.58. The molecule has 3 N–H and O–H groups in total. The van der Waals surface area contributed by atoms with E-state index in [1.807, 2.05) is 6.92 Å². The van der Waals surface area contributed by atoms with E-state index in [9.17, 15) is 14.4 Å². The van der Waals surface area contributed by atoms with E-state index in [2.05, 4.69) is 10.6 Å². The van der Waals surface area contributed by atoms with Gasteiger partial charge in [-0.3, -0.25) is 9.59 Å². The molecule has 166 valence electrons. The zero-order valence-electron chi connectivity index (χ0n) is 18.4. The van der Waals surface area contributed by atoms with Crippen LogP contribution in [0.2, 0.25) is 0 Å². The number of ether oxygens (including phenoxy) is 2. The SMILES string of the molecule is CC[NH+](CC(=O)Nc1ccc(OC)cc1)CC(=O)Nc1ccc(C(=O)OC(C)C)cc1. The van der Waals surface area contributed by atoms with Crippen LogP contribution in [0.5, 0.6) is 5.75 Å². The molecule has 0 aromatic heterocycles. The number of benzene rings is 2. The van der Waals surface area contributed by atoms with Gasteiger partial charge in [0.15, 0.2) is 13.1 Å². The van der Waals surface area contributed by atoms with Crippen molar-refractivity contribution in [2.75, 3.05) is 37.4 Å². The topological polar surface area (TPSA) is 98.2 Å². The Morgan fingerprint density at radius 1 is 0.871 bits per heavy atom. The number of carbonyl (C=O) groups excluding carboxylic acids is 3. The van der Waals surface area contributed by atoms with Crippen molar-refractivity contribution in [3.63, 3.8) is 0 Å². The van der Waals surface area contributed by atoms with E-state index in [-0.39, 0.29) is 31.0 Å². The Labute approximate surface area is 182 Å². The molecule has 1 atom stereocenters. The van der Waals surface area contributed by atoms with Gasteiger partial charge in [-0.25, -0.2) is 4.79 Å². The normalized spacial score (nSPS) is 11.5. The number of methoxy groups -OCH3 is 1. The van der Waals surface area contributed by atoms with Gasteiger partial charge in [-0.05, 0) is 69.3 Å². The second kappa shape index (κ2) is 11.7. The first-order chi connectivity index (χ1) is 14.8. The van der Waals surface area contributed by atoms with Crippen LogP contribution in [0.1, 0.15) is 31.1 Å². The lowest BCUT2D eigenvalue weighted by Gasteiger charge is -2.17. The van der Waals surface area contributed by atoms with Crippen LogP contribution in [0.15, 0.2) is 48.5 Å². The number of likely N-dealkylation sites (N-methyl/N-ethyl adjacent to an activating group) is 1. The summed E-state index contributed by atoms with van der Waals surface area (Å²) in [6.45, 7) is 6.40. The summed E-state index contributed by atoms with van der Waals surface area (Å²) in [6.07, 6.45) is -0.197. The molecule has 0 saturated heterocycles. The Kier molecular flexibility index (Phi) is 9.02. The van der Waals surface area contributed by atoms with Gasteiger partial charge >= 0.3 is 5.97 Å². The molecule has 0 radical (unpaired) electrons. The van der Waals surface area contributed by atoms with Gasteiger partial charge in [0.25, 0.3) is 11.8 Å². The Balaban J connectivity index is 1.84. The predicted molar refractivity (Wildman–Crippen MR) is 118 cm³/mol. The number of hydrogen-bond acceptors (Lipinski definition) is 5. The highest BCUT2D eigenvalue weighted by Gasteiger charge is 2.17. The lowest BCUT2D eigenvalue weighted by Crippen LogP contribution is -3.13. The Bertz CT molecular complexity index is 879. The molecule has 8 nitrogen and oxygen atoms in total. The van der Waals surface area contributed by atoms with Crippen molar-refractivity contribution in [1.29, 1.82) is 0 Å². The molecule has 0 bridgehead atoms. The smallest absolute Gasteiger partial charge is 0.338 e. The van der Waals surface area contributed by atoms with Gasteiger partial charge in [0.1, 0.15) is 5.75 Å². The number of quaternary nitrogens is 1. The van der Waals surface area contributed by atoms with Crippen LogP contribution in [-0.2, 0) is 14.3 Å². The van der Waals surface area contributed by atoms with Crippen LogP contribution >= 0.6 is 0 Å². The lowest BCUT2D eigenvalue weighted by atomic mass is 10.2. The van der Waals surface area contributed by atoms with E-state index in [1.54, 1.807) is 69.5 Å². The van der Waals surface area contributed by atoms with Crippen molar-refractivity contribution in [3.8, 4) is 5.75 Å². The van der Waals surface area contributed by atoms with E-state index in [0.717, 1.165) is 4.90 Å². The number of amides is 2. The third-order valence-electron chi connectivity index (χ3n) is 4.44. The maximum Gasteiger partial charge on any atom is 0.338 e. The van der Waals surface area contributed by atoms with E-state index in [1.165, 1.54) is 0 Å². The second-order valence-corrected chi connectivity index (χ2v) is 7.31. The number of nitrogens with one attached hydrogen (secondary N) is 3. The number of esters is 1. The number of carbonyl (C=O) groups is 3. The monoisotopic (exact) mass is 428 g/mol. The standard InChI is InChI=1S/C23H29N3O5/c1-5-26(15-22(28)25-19-10-12-20(30-4)13-11-19)14-21(27)24-18-8-6-17(7-9-18)23(29)31-16(2)3/h6-13,16H,5,14-15H2,1-4H3,(H,24,27)(H,25,28)/p+1. The molecule has 0 fully saturated rings. The van der Waals surface area contributed by atoms with Gasteiger partial charge in [0.2, 0.25) is 0 Å². The first-order valence-electron chi connectivity index (χ1n) is 10.2. The maximum atomic E-state index is 12.4. The molecule has 31 heavy (non-hydrogen) atoms. The van der Waals surface area contributed by atoms with Crippen LogP contribution in [-0.4, -0.2) is 50.6 Å². The average Bonchev–Trinajstić information content (AvgIpc) is 2.73. The van der Waals surface area contributed by atoms with Crippen molar-refractivity contribution in [2.24, 2.45) is 0 Å². The van der Waals surface area contributed by atoms with Crippen molar-refractivity contribution in [2.45, 2.75) is 26.9 Å². The molecular weight excluding hydrogens is 398 g/mol. The number of hydrogen-bond donors (Lipinski definition) is 3. The van der Waals surface area contributed by atoms with Crippen molar-refractivity contribution in [1.82, 2.24) is 0 Å². The molecule has 0 aliphatic carbocycles. The number of anilines is 2. The van der Waals surface area contributed by atoms with Crippen molar-refractivity contribution in [3.05, 3.63) is 54.1 Å². The van der Waals surface area contributed by atoms with Crippen LogP contribution in [0, 0.1) is 0 Å². The second-order valence-electron chi connectivity index (χ2n) is 7.31. The third-order valence-corrected chi connectivity index (χ3v) is 4.44. The minimum absolute atomic E-state index is 0.143. The minimum atomic E-state index is -0.405. The average molecular weight is 429 g/mol. The number of rotatable bonds is 10. The molecule has 1 unspecified atom stereocenters. The lowest BCUT2D eigenvalue weighted by molar-refractivity contribution is -0.881. The molecule has 2 aromatic carbocycles. The summed E-state index contributed by atoms with van der Waals surface area (Å²) in [4.78, 5) is 37.4. The molecule has 0 heterocycles. The predicted octanol–water partition coefficient (Wildman–Crippen LogP) is 1.74. The van der Waals surface area contributed by atoms with Crippen LogP contribution < -0.4 is 20.3 Å². The largest absolute Gasteiger partial charge is 0.497 e. The summed E-state index contributed by atoms with van der Waals surface area (Å²) in [5, 5.41) is 5.61. The minimum Gasteiger partial charge on any atom is -0.497 e. The molecule has 2 rings (SSSR count). The Morgan fingerprint density at radius 3 is 1.77 bits per heavy atom. The first kappa shape index (κ1) is 23.9. The Morgan fingerprint density at radius 2 is 1.35 bits per heavy atom. The van der Waals surface area contributed by atoms with E-state index in [0.29, 0.717) is 29.2 Å². The fourth-order valence-corrected chi connectivity index (χ4v) is 2.82. The van der Waals surface area contributed by atoms with Crippen molar-refractivity contribution < 1.29 is 28.8 Å². The molecule has 0 saturated carbocycles. The molecule has 0 aliphatic heterocycles. The fraction of sp³-hybridized carbons (Fsp3) is 0.348. The van der Waals surface area contributed by atoms with Crippen LogP contribution in [0.4, 0.5) is 11.4 Å². The summed E-state index contributed by atoms with van der Waals surface area (Å²) in [6, 6.07) is 13.6. The molecule has 0 spiro atoms. The zero-order valence-corrected chi connectivity index (χ0v) is 18.4. The van der Waals surface area contributed by atoms with Gasteiger partial charge in [-0.2, -0.15) is 0 Å². The summed E-state index contributed by atoms with van der Waals surface area (Å²) >= 11 is 0. The molecule has 2 amide bonds. The van der Waals surface area contributed by atoms with Gasteiger partial charge in [-0.1, -0.05) is 0 Å². The van der Waals surface area contributed by atoms with E-state index in [4.69, 9.17) is 9.47 Å². The first-order valence-corrected chi connectivity index (χ1v) is 10.2. The summed E-state index contributed by atoms with van der Waals surface area (Å²) < 4.78 is 10.2. The van der Waals surface area contributed by atoms with Gasteiger partial charge in [0.05, 0.1) is 25.3 Å². The highest BCUT2D eigenvalue weighted by molar-refractivity contribution is 5.94. The molecule has 0 aliphatic rings. The molecule has 8 heteroatoms. The maximum absolute atomic E-state index is 12.4. The zero-order chi connectivity index (χ0) is 22.8. The van der Waals surface area contributed by atoms with E-state index < -0.39 is 5.97 Å². The summed E-state index contributed by atoms with van der Waals surface area (Å²) in [5.41, 5.74) is 1.66. The third kappa shape index (κ3) is 8.10.